The van der Waals surface area contributed by atoms with Crippen molar-refractivity contribution in [1.82, 2.24) is 5.32 Å². The summed E-state index contributed by atoms with van der Waals surface area (Å²) in [6, 6.07) is 3.49. The first kappa shape index (κ1) is 20.6. The molecule has 1 aliphatic rings. The molecule has 2 atom stereocenters. The van der Waals surface area contributed by atoms with Crippen LogP contribution in [0.5, 0.6) is 17.2 Å². The number of nitrogens with one attached hydrogen (secondary N) is 1. The van der Waals surface area contributed by atoms with Crippen LogP contribution in [-0.4, -0.2) is 44.9 Å². The molecule has 2 N–H and O–H groups in total. The van der Waals surface area contributed by atoms with Gasteiger partial charge >= 0.3 is 5.97 Å². The van der Waals surface area contributed by atoms with Gasteiger partial charge in [0.15, 0.2) is 11.5 Å². The number of methoxy groups -OCH3 is 3. The number of ether oxygens (including phenoxy) is 3. The van der Waals surface area contributed by atoms with E-state index in [-0.39, 0.29) is 17.7 Å². The largest absolute Gasteiger partial charge is 0.493 e. The van der Waals surface area contributed by atoms with Gasteiger partial charge in [-0.25, -0.2) is 0 Å². The van der Waals surface area contributed by atoms with Crippen molar-refractivity contribution in [2.45, 2.75) is 25.7 Å². The number of hydrogen-bond donors (Lipinski definition) is 2. The van der Waals surface area contributed by atoms with Crippen LogP contribution in [0.25, 0.3) is 6.08 Å². The SMILES string of the molecule is COc1cc(/C=C/C(=O)NC[C@@H]2CCCC[C@@H]2C(=O)O)cc(OC)c1OC. The number of rotatable bonds is 8. The van der Waals surface area contributed by atoms with Gasteiger partial charge in [0.25, 0.3) is 0 Å². The molecule has 1 fully saturated rings. The molecule has 0 aromatic heterocycles. The zero-order valence-electron chi connectivity index (χ0n) is 16.0. The number of carboxylic acids is 1. The third-order valence-corrected chi connectivity index (χ3v) is 4.88. The maximum absolute atomic E-state index is 12.1. The number of carbonyl (C=O) groups is 2. The van der Waals surface area contributed by atoms with E-state index in [0.29, 0.717) is 30.2 Å². The topological polar surface area (TPSA) is 94.1 Å². The van der Waals surface area contributed by atoms with Gasteiger partial charge in [0.2, 0.25) is 11.7 Å². The molecule has 27 heavy (non-hydrogen) atoms. The number of aliphatic carboxylic acids is 1. The molecule has 0 spiro atoms. The molecule has 0 heterocycles. The van der Waals surface area contributed by atoms with E-state index >= 15 is 0 Å². The molecule has 0 aliphatic heterocycles. The van der Waals surface area contributed by atoms with Gasteiger partial charge in [-0.05, 0) is 42.5 Å². The highest BCUT2D eigenvalue weighted by atomic mass is 16.5. The summed E-state index contributed by atoms with van der Waals surface area (Å²) in [5.74, 6) is 0.0544. The quantitative estimate of drug-likeness (QED) is 0.677. The van der Waals surface area contributed by atoms with Crippen molar-refractivity contribution in [3.8, 4) is 17.2 Å². The van der Waals surface area contributed by atoms with Crippen LogP contribution in [0.15, 0.2) is 18.2 Å². The summed E-state index contributed by atoms with van der Waals surface area (Å²) in [5, 5.41) is 12.1. The Kier molecular flexibility index (Phi) is 7.52. The third kappa shape index (κ3) is 5.39. The van der Waals surface area contributed by atoms with Crippen LogP contribution in [-0.2, 0) is 9.59 Å². The first-order valence-corrected chi connectivity index (χ1v) is 8.98. The summed E-state index contributed by atoms with van der Waals surface area (Å²) in [5.41, 5.74) is 0.723. The van der Waals surface area contributed by atoms with E-state index in [0.717, 1.165) is 24.8 Å². The van der Waals surface area contributed by atoms with Crippen molar-refractivity contribution >= 4 is 18.0 Å². The van der Waals surface area contributed by atoms with E-state index in [2.05, 4.69) is 5.32 Å². The second kappa shape index (κ2) is 9.85. The zero-order chi connectivity index (χ0) is 19.8. The Labute approximate surface area is 159 Å². The maximum Gasteiger partial charge on any atom is 0.306 e. The van der Waals surface area contributed by atoms with Gasteiger partial charge in [-0.2, -0.15) is 0 Å². The van der Waals surface area contributed by atoms with Gasteiger partial charge < -0.3 is 24.6 Å². The molecule has 0 saturated heterocycles. The minimum absolute atomic E-state index is 0.0187. The fourth-order valence-electron chi connectivity index (χ4n) is 3.44. The van der Waals surface area contributed by atoms with Crippen LogP contribution in [0, 0.1) is 11.8 Å². The predicted molar refractivity (Wildman–Crippen MR) is 101 cm³/mol. The van der Waals surface area contributed by atoms with E-state index in [9.17, 15) is 14.7 Å². The summed E-state index contributed by atoms with van der Waals surface area (Å²) in [6.07, 6.45) is 6.51. The normalized spacial score (nSPS) is 19.5. The number of hydrogen-bond acceptors (Lipinski definition) is 5. The highest BCUT2D eigenvalue weighted by Gasteiger charge is 2.30. The Balaban J connectivity index is 2.01. The number of benzene rings is 1. The fraction of sp³-hybridized carbons (Fsp3) is 0.500. The fourth-order valence-corrected chi connectivity index (χ4v) is 3.44. The van der Waals surface area contributed by atoms with Gasteiger partial charge in [-0.1, -0.05) is 12.8 Å². The van der Waals surface area contributed by atoms with E-state index in [4.69, 9.17) is 14.2 Å². The Hall–Kier alpha value is -2.70. The highest BCUT2D eigenvalue weighted by molar-refractivity contribution is 5.92. The number of amides is 1. The van der Waals surface area contributed by atoms with Crippen molar-refractivity contribution in [2.75, 3.05) is 27.9 Å². The molecular formula is C20H27NO6. The molecule has 1 saturated carbocycles. The summed E-state index contributed by atoms with van der Waals surface area (Å²) in [4.78, 5) is 23.5. The minimum Gasteiger partial charge on any atom is -0.493 e. The lowest BCUT2D eigenvalue weighted by atomic mass is 9.79. The Morgan fingerprint density at radius 3 is 2.30 bits per heavy atom. The van der Waals surface area contributed by atoms with Crippen LogP contribution < -0.4 is 19.5 Å². The summed E-state index contributed by atoms with van der Waals surface area (Å²) < 4.78 is 15.9. The van der Waals surface area contributed by atoms with Crippen LogP contribution in [0.4, 0.5) is 0 Å². The first-order valence-electron chi connectivity index (χ1n) is 8.98. The lowest BCUT2D eigenvalue weighted by Crippen LogP contribution is -2.36. The standard InChI is InChI=1S/C20H27NO6/c1-25-16-10-13(11-17(26-2)19(16)27-3)8-9-18(22)21-12-14-6-4-5-7-15(14)20(23)24/h8-11,14-15H,4-7,12H2,1-3H3,(H,21,22)(H,23,24)/b9-8+/t14-,15-/m0/s1. The van der Waals surface area contributed by atoms with Crippen molar-refractivity contribution in [3.05, 3.63) is 23.8 Å². The molecule has 0 bridgehead atoms. The minimum atomic E-state index is -0.776. The molecule has 7 heteroatoms. The van der Waals surface area contributed by atoms with Gasteiger partial charge in [0, 0.05) is 12.6 Å². The molecular weight excluding hydrogens is 350 g/mol. The third-order valence-electron chi connectivity index (χ3n) is 4.88. The molecule has 148 valence electrons. The Bertz CT molecular complexity index is 675. The summed E-state index contributed by atoms with van der Waals surface area (Å²) >= 11 is 0. The van der Waals surface area contributed by atoms with Gasteiger partial charge in [0.1, 0.15) is 0 Å². The van der Waals surface area contributed by atoms with Gasteiger partial charge in [0.05, 0.1) is 27.2 Å². The zero-order valence-corrected chi connectivity index (χ0v) is 16.0. The molecule has 0 radical (unpaired) electrons. The summed E-state index contributed by atoms with van der Waals surface area (Å²) in [7, 11) is 4.58. The second-order valence-corrected chi connectivity index (χ2v) is 6.53. The molecule has 7 nitrogen and oxygen atoms in total. The maximum atomic E-state index is 12.1. The van der Waals surface area contributed by atoms with Crippen LogP contribution in [0.1, 0.15) is 31.2 Å². The average molecular weight is 377 g/mol. The van der Waals surface area contributed by atoms with E-state index < -0.39 is 5.97 Å². The van der Waals surface area contributed by atoms with Crippen LogP contribution in [0.2, 0.25) is 0 Å². The molecule has 2 rings (SSSR count). The molecule has 1 aliphatic carbocycles. The predicted octanol–water partition coefficient (Wildman–Crippen LogP) is 2.73. The summed E-state index contributed by atoms with van der Waals surface area (Å²) in [6.45, 7) is 0.370. The van der Waals surface area contributed by atoms with Crippen molar-refractivity contribution in [2.24, 2.45) is 11.8 Å². The highest BCUT2D eigenvalue weighted by Crippen LogP contribution is 2.38. The molecule has 1 aromatic rings. The number of carboxylic acid groups (broad SMARTS) is 1. The first-order chi connectivity index (χ1) is 13.0. The van der Waals surface area contributed by atoms with Crippen molar-refractivity contribution < 1.29 is 28.9 Å². The van der Waals surface area contributed by atoms with E-state index in [1.807, 2.05) is 0 Å². The van der Waals surface area contributed by atoms with Crippen LogP contribution >= 0.6 is 0 Å². The molecule has 1 aromatic carbocycles. The van der Waals surface area contributed by atoms with Gasteiger partial charge in [-0.15, -0.1) is 0 Å². The monoisotopic (exact) mass is 377 g/mol. The van der Waals surface area contributed by atoms with E-state index in [1.54, 1.807) is 18.2 Å². The molecule has 1 amide bonds. The van der Waals surface area contributed by atoms with Gasteiger partial charge in [-0.3, -0.25) is 9.59 Å². The Morgan fingerprint density at radius 2 is 1.74 bits per heavy atom. The smallest absolute Gasteiger partial charge is 0.306 e. The van der Waals surface area contributed by atoms with E-state index in [1.165, 1.54) is 27.4 Å². The second-order valence-electron chi connectivity index (χ2n) is 6.53. The molecule has 0 unspecified atom stereocenters. The average Bonchev–Trinajstić information content (AvgIpc) is 2.69. The lowest BCUT2D eigenvalue weighted by Gasteiger charge is -2.28. The van der Waals surface area contributed by atoms with Crippen LogP contribution in [0.3, 0.4) is 0 Å². The van der Waals surface area contributed by atoms with Crippen molar-refractivity contribution in [1.29, 1.82) is 0 Å². The lowest BCUT2D eigenvalue weighted by molar-refractivity contribution is -0.145. The number of carbonyl (C=O) groups excluding carboxylic acids is 1. The van der Waals surface area contributed by atoms with Crippen molar-refractivity contribution in [3.63, 3.8) is 0 Å². The Morgan fingerprint density at radius 1 is 1.11 bits per heavy atom.